The molecule has 1 aliphatic carbocycles. The number of pyridine rings is 2. The molecule has 0 aliphatic heterocycles. The predicted molar refractivity (Wildman–Crippen MR) is 176 cm³/mol. The van der Waals surface area contributed by atoms with E-state index < -0.39 is 6.37 Å². The minimum absolute atomic E-state index is 0. The zero-order valence-electron chi connectivity index (χ0n) is 28.8. The molecule has 0 fully saturated rings. The Morgan fingerprint density at radius 1 is 1.02 bits per heavy atom. The molecule has 0 atom stereocenters. The number of aromatic nitrogens is 2. The molecule has 4 nitrogen and oxygen atoms in total. The number of fused-ring (bicyclic) bond motifs is 4. The van der Waals surface area contributed by atoms with Gasteiger partial charge in [0, 0.05) is 53.2 Å². The van der Waals surface area contributed by atoms with Crippen molar-refractivity contribution in [3.8, 4) is 11.3 Å². The number of rotatable bonds is 9. The van der Waals surface area contributed by atoms with Gasteiger partial charge in [0.25, 0.3) is 0 Å². The summed E-state index contributed by atoms with van der Waals surface area (Å²) < 4.78 is 17.4. The number of nitrogens with zero attached hydrogens (tertiary/aromatic N) is 2. The van der Waals surface area contributed by atoms with Crippen LogP contribution < -0.4 is 0 Å². The number of aliphatic hydroxyl groups excluding tert-OH is 1. The second-order valence-corrected chi connectivity index (χ2v) is 12.2. The average molecular weight is 758 g/mol. The SMILES string of the molecule is CCC(CC)C(=O)/C=C(\O)C(CC)CC.[2H]C([2H])(c1cc2c3c(nccc3c1)-c1[c-]cc3cnccc3c1C2(C)C)C(C)C.[Ir]. The maximum absolute atomic E-state index is 11.7. The standard InChI is InChI=1S/C25H23N2.C13H24O2.Ir/c1-15(2)11-16-12-17-7-10-27-24-20-6-5-18-14-26-9-8-19(18)23(20)25(3,4)21(13-16)22(17)24;1-5-10(6-2)12(14)9-13(15)11(7-3)8-4;/h5,7-10,12-15H,11H2,1-4H3;9-11,14H,5-8H2,1-4H3;/q-1;;/b;12-9-;/i11D2;;. The van der Waals surface area contributed by atoms with Crippen molar-refractivity contribution >= 4 is 27.3 Å². The maximum atomic E-state index is 11.7. The van der Waals surface area contributed by atoms with Crippen molar-refractivity contribution < 1.29 is 32.7 Å². The molecule has 0 bridgehead atoms. The van der Waals surface area contributed by atoms with E-state index in [2.05, 4.69) is 37.0 Å². The van der Waals surface area contributed by atoms with E-state index in [1.807, 2.05) is 78.3 Å². The van der Waals surface area contributed by atoms with Gasteiger partial charge in [0.1, 0.15) is 0 Å². The van der Waals surface area contributed by atoms with Crippen molar-refractivity contribution in [1.29, 1.82) is 0 Å². The molecule has 4 aromatic rings. The second-order valence-electron chi connectivity index (χ2n) is 12.2. The van der Waals surface area contributed by atoms with Crippen LogP contribution in [0, 0.1) is 23.8 Å². The third-order valence-electron chi connectivity index (χ3n) is 8.68. The van der Waals surface area contributed by atoms with E-state index >= 15 is 0 Å². The van der Waals surface area contributed by atoms with E-state index in [9.17, 15) is 9.90 Å². The summed E-state index contributed by atoms with van der Waals surface area (Å²) in [6, 6.07) is 13.6. The first-order chi connectivity index (χ1) is 20.8. The molecule has 0 spiro atoms. The number of hydrogen-bond acceptors (Lipinski definition) is 4. The van der Waals surface area contributed by atoms with Crippen LogP contribution in [0.5, 0.6) is 0 Å². The molecule has 1 radical (unpaired) electrons. The fraction of sp³-hybridized carbons (Fsp3) is 0.447. The zero-order valence-corrected chi connectivity index (χ0v) is 29.2. The zero-order chi connectivity index (χ0) is 32.4. The van der Waals surface area contributed by atoms with E-state index in [1.165, 1.54) is 11.6 Å². The molecule has 0 amide bonds. The maximum Gasteiger partial charge on any atom is 0.162 e. The van der Waals surface area contributed by atoms with Gasteiger partial charge in [-0.1, -0.05) is 84.4 Å². The molecule has 5 rings (SSSR count). The Morgan fingerprint density at radius 3 is 2.33 bits per heavy atom. The van der Waals surface area contributed by atoms with Crippen LogP contribution in [-0.2, 0) is 36.7 Å². The Labute approximate surface area is 274 Å². The summed E-state index contributed by atoms with van der Waals surface area (Å²) in [6.45, 7) is 16.4. The molecule has 43 heavy (non-hydrogen) atoms. The number of allylic oxidation sites excluding steroid dienone is 2. The average Bonchev–Trinajstić information content (AvgIpc) is 3.00. The number of ketones is 1. The molecule has 2 aromatic carbocycles. The summed E-state index contributed by atoms with van der Waals surface area (Å²) in [5.74, 6) is 0.429. The predicted octanol–water partition coefficient (Wildman–Crippen LogP) is 9.96. The second kappa shape index (κ2) is 14.7. The monoisotopic (exact) mass is 758 g/mol. The topological polar surface area (TPSA) is 63.1 Å². The minimum atomic E-state index is -1.40. The summed E-state index contributed by atoms with van der Waals surface area (Å²) in [5, 5.41) is 14.1. The van der Waals surface area contributed by atoms with Gasteiger partial charge in [-0.2, -0.15) is 0 Å². The summed E-state index contributed by atoms with van der Waals surface area (Å²) in [7, 11) is 0. The van der Waals surface area contributed by atoms with Gasteiger partial charge < -0.3 is 10.1 Å². The van der Waals surface area contributed by atoms with E-state index in [0.717, 1.165) is 69.6 Å². The van der Waals surface area contributed by atoms with Crippen molar-refractivity contribution in [2.75, 3.05) is 0 Å². The Balaban J connectivity index is 0.000000297. The van der Waals surface area contributed by atoms with Crippen LogP contribution in [0.2, 0.25) is 0 Å². The van der Waals surface area contributed by atoms with Crippen LogP contribution in [0.1, 0.15) is 101 Å². The van der Waals surface area contributed by atoms with E-state index in [1.54, 1.807) is 0 Å². The molecule has 231 valence electrons. The van der Waals surface area contributed by atoms with Gasteiger partial charge in [0.05, 0.1) is 5.76 Å². The van der Waals surface area contributed by atoms with Crippen LogP contribution in [0.3, 0.4) is 0 Å². The largest absolute Gasteiger partial charge is 0.512 e. The smallest absolute Gasteiger partial charge is 0.162 e. The molecule has 1 aliphatic rings. The fourth-order valence-electron chi connectivity index (χ4n) is 6.27. The minimum Gasteiger partial charge on any atom is -0.512 e. The first-order valence-corrected chi connectivity index (χ1v) is 15.5. The van der Waals surface area contributed by atoms with Crippen LogP contribution >= 0.6 is 0 Å². The van der Waals surface area contributed by atoms with Gasteiger partial charge in [0.15, 0.2) is 5.78 Å². The van der Waals surface area contributed by atoms with Crippen molar-refractivity contribution in [2.45, 2.75) is 92.9 Å². The van der Waals surface area contributed by atoms with Gasteiger partial charge in [0.2, 0.25) is 0 Å². The third kappa shape index (κ3) is 7.10. The normalized spacial score (nSPS) is 14.6. The van der Waals surface area contributed by atoms with Gasteiger partial charge >= 0.3 is 0 Å². The number of benzene rings is 2. The summed E-state index contributed by atoms with van der Waals surface area (Å²) >= 11 is 0. The Hall–Kier alpha value is -2.88. The van der Waals surface area contributed by atoms with Crippen LogP contribution in [0.15, 0.2) is 60.8 Å². The molecule has 5 heteroatoms. The third-order valence-corrected chi connectivity index (χ3v) is 8.68. The Morgan fingerprint density at radius 2 is 1.70 bits per heavy atom. The number of carbonyl (C=O) groups excluding carboxylic acids is 1. The molecule has 0 saturated carbocycles. The van der Waals surface area contributed by atoms with E-state index in [-0.39, 0.29) is 54.8 Å². The van der Waals surface area contributed by atoms with Gasteiger partial charge in [-0.15, -0.1) is 23.3 Å². The van der Waals surface area contributed by atoms with Crippen LogP contribution in [0.4, 0.5) is 0 Å². The first-order valence-electron chi connectivity index (χ1n) is 16.5. The van der Waals surface area contributed by atoms with Crippen molar-refractivity contribution in [2.24, 2.45) is 17.8 Å². The van der Waals surface area contributed by atoms with E-state index in [4.69, 9.17) is 7.73 Å². The molecular formula is C38H47IrN2O2-. The Kier molecular flexibility index (Phi) is 10.8. The molecule has 0 unspecified atom stereocenters. The molecule has 0 saturated heterocycles. The number of aliphatic hydroxyl groups is 1. The quantitative estimate of drug-likeness (QED) is 0.105. The van der Waals surface area contributed by atoms with Crippen LogP contribution in [0.25, 0.3) is 32.8 Å². The summed E-state index contributed by atoms with van der Waals surface area (Å²) in [6.07, 6.45) is 9.03. The van der Waals surface area contributed by atoms with Gasteiger partial charge in [-0.25, -0.2) is 0 Å². The first kappa shape index (κ1) is 31.5. The van der Waals surface area contributed by atoms with E-state index in [0.29, 0.717) is 0 Å². The Bertz CT molecular complexity index is 1690. The molecule has 1 N–H and O–H groups in total. The van der Waals surface area contributed by atoms with Crippen molar-refractivity contribution in [3.63, 3.8) is 0 Å². The molecule has 2 heterocycles. The van der Waals surface area contributed by atoms with Gasteiger partial charge in [-0.3, -0.25) is 9.78 Å². The van der Waals surface area contributed by atoms with Crippen LogP contribution in [-0.4, -0.2) is 20.9 Å². The number of hydrogen-bond donors (Lipinski definition) is 1. The molecule has 2 aromatic heterocycles. The number of carbonyl (C=O) groups is 1. The summed E-state index contributed by atoms with van der Waals surface area (Å²) in [5.41, 5.74) is 4.70. The fourth-order valence-corrected chi connectivity index (χ4v) is 6.27. The van der Waals surface area contributed by atoms with Crippen molar-refractivity contribution in [1.82, 2.24) is 9.97 Å². The van der Waals surface area contributed by atoms with Gasteiger partial charge in [-0.05, 0) is 83.2 Å². The molecular weight excluding hydrogens is 709 g/mol. The summed E-state index contributed by atoms with van der Waals surface area (Å²) in [4.78, 5) is 20.7. The van der Waals surface area contributed by atoms with Crippen molar-refractivity contribution in [3.05, 3.63) is 83.5 Å².